The van der Waals surface area contributed by atoms with Crippen molar-refractivity contribution in [2.75, 3.05) is 26.5 Å². The summed E-state index contributed by atoms with van der Waals surface area (Å²) in [6, 6.07) is 10.6. The number of carbonyl (C=O) groups excluding carboxylic acids is 1. The maximum atomic E-state index is 13.3. The van der Waals surface area contributed by atoms with Gasteiger partial charge in [0.05, 0.1) is 11.5 Å². The molecule has 0 aliphatic rings. The maximum absolute atomic E-state index is 13.3. The van der Waals surface area contributed by atoms with Gasteiger partial charge in [0.15, 0.2) is 9.84 Å². The van der Waals surface area contributed by atoms with E-state index < -0.39 is 9.84 Å². The van der Waals surface area contributed by atoms with E-state index in [1.165, 1.54) is 30.3 Å². The van der Waals surface area contributed by atoms with E-state index in [1.807, 2.05) is 0 Å². The first-order chi connectivity index (χ1) is 12.2. The fraction of sp³-hybridized carbons (Fsp3) is 0.316. The normalized spacial score (nSPS) is 11.2. The molecule has 0 saturated carbocycles. The van der Waals surface area contributed by atoms with Crippen LogP contribution in [0.4, 0.5) is 4.39 Å². The highest BCUT2D eigenvalue weighted by atomic mass is 32.2. The average Bonchev–Trinajstić information content (AvgIpc) is 2.60. The number of benzene rings is 2. The van der Waals surface area contributed by atoms with Gasteiger partial charge >= 0.3 is 0 Å². The highest BCUT2D eigenvalue weighted by Crippen LogP contribution is 2.17. The number of amides is 1. The van der Waals surface area contributed by atoms with Gasteiger partial charge in [0.1, 0.15) is 11.6 Å². The van der Waals surface area contributed by atoms with Gasteiger partial charge in [0, 0.05) is 25.4 Å². The van der Waals surface area contributed by atoms with Gasteiger partial charge in [-0.2, -0.15) is 0 Å². The lowest BCUT2D eigenvalue weighted by atomic mass is 10.1. The molecule has 0 atom stereocenters. The van der Waals surface area contributed by atoms with E-state index in [9.17, 15) is 17.6 Å². The summed E-state index contributed by atoms with van der Waals surface area (Å²) in [6.45, 7) is 2.42. The zero-order valence-corrected chi connectivity index (χ0v) is 15.8. The smallest absolute Gasteiger partial charge is 0.253 e. The Balaban J connectivity index is 1.86. The summed E-state index contributed by atoms with van der Waals surface area (Å²) in [4.78, 5) is 14.1. The predicted molar refractivity (Wildman–Crippen MR) is 97.8 cm³/mol. The first kappa shape index (κ1) is 19.9. The van der Waals surface area contributed by atoms with E-state index in [4.69, 9.17) is 4.74 Å². The zero-order chi connectivity index (χ0) is 19.3. The molecule has 0 aliphatic heterocycles. The molecule has 1 amide bonds. The summed E-state index contributed by atoms with van der Waals surface area (Å²) in [5.74, 6) is -0.0582. The van der Waals surface area contributed by atoms with Crippen LogP contribution in [-0.4, -0.2) is 45.7 Å². The van der Waals surface area contributed by atoms with E-state index in [2.05, 4.69) is 0 Å². The molecule has 5 nitrogen and oxygen atoms in total. The third-order valence-electron chi connectivity index (χ3n) is 3.89. The van der Waals surface area contributed by atoms with Gasteiger partial charge in [-0.15, -0.1) is 0 Å². The first-order valence-corrected chi connectivity index (χ1v) is 10.0. The summed E-state index contributed by atoms with van der Waals surface area (Å²) in [5.41, 5.74) is 0.867. The largest absolute Gasteiger partial charge is 0.493 e. The van der Waals surface area contributed by atoms with Gasteiger partial charge in [-0.1, -0.05) is 6.07 Å². The van der Waals surface area contributed by atoms with Crippen LogP contribution in [0, 0.1) is 12.7 Å². The minimum atomic E-state index is -3.28. The van der Waals surface area contributed by atoms with Gasteiger partial charge in [-0.05, 0) is 55.3 Å². The number of ether oxygens (including phenoxy) is 1. The number of carbonyl (C=O) groups is 1. The van der Waals surface area contributed by atoms with Crippen LogP contribution < -0.4 is 4.74 Å². The summed E-state index contributed by atoms with van der Waals surface area (Å²) in [5, 5.41) is 0. The van der Waals surface area contributed by atoms with E-state index in [0.717, 1.165) is 6.26 Å². The Morgan fingerprint density at radius 1 is 1.19 bits per heavy atom. The van der Waals surface area contributed by atoms with Crippen LogP contribution in [0.3, 0.4) is 0 Å². The Kier molecular flexibility index (Phi) is 6.37. The molecule has 0 heterocycles. The number of rotatable bonds is 7. The van der Waals surface area contributed by atoms with Crippen molar-refractivity contribution in [3.63, 3.8) is 0 Å². The minimum Gasteiger partial charge on any atom is -0.493 e. The zero-order valence-electron chi connectivity index (χ0n) is 15.0. The lowest BCUT2D eigenvalue weighted by Crippen LogP contribution is -2.28. The van der Waals surface area contributed by atoms with Crippen molar-refractivity contribution in [2.45, 2.75) is 18.2 Å². The highest BCUT2D eigenvalue weighted by Gasteiger charge is 2.13. The molecule has 0 saturated heterocycles. The Labute approximate surface area is 153 Å². The second kappa shape index (κ2) is 8.31. The number of hydrogen-bond donors (Lipinski definition) is 0. The molecule has 0 aromatic heterocycles. The molecular weight excluding hydrogens is 357 g/mol. The molecule has 2 rings (SSSR count). The number of aryl methyl sites for hydroxylation is 1. The van der Waals surface area contributed by atoms with Crippen molar-refractivity contribution in [2.24, 2.45) is 0 Å². The topological polar surface area (TPSA) is 63.7 Å². The van der Waals surface area contributed by atoms with Crippen molar-refractivity contribution in [3.05, 3.63) is 59.4 Å². The molecule has 0 radical (unpaired) electrons. The van der Waals surface area contributed by atoms with Crippen molar-refractivity contribution in [1.82, 2.24) is 4.90 Å². The summed E-state index contributed by atoms with van der Waals surface area (Å²) >= 11 is 0. The molecule has 0 bridgehead atoms. The van der Waals surface area contributed by atoms with Crippen LogP contribution in [0.5, 0.6) is 5.75 Å². The standard InChI is InChI=1S/C19H22FNO4S/c1-14-12-15(8-9-18(14)20)19(22)21(2)10-5-11-25-16-6-4-7-17(13-16)26(3,23)24/h4,6-9,12-13H,5,10-11H2,1-3H3. The van der Waals surface area contributed by atoms with E-state index in [1.54, 1.807) is 31.0 Å². The molecule has 0 aliphatic carbocycles. The van der Waals surface area contributed by atoms with Crippen LogP contribution in [0.1, 0.15) is 22.3 Å². The number of nitrogens with zero attached hydrogens (tertiary/aromatic N) is 1. The maximum Gasteiger partial charge on any atom is 0.253 e. The Bertz CT molecular complexity index is 896. The van der Waals surface area contributed by atoms with E-state index >= 15 is 0 Å². The van der Waals surface area contributed by atoms with Gasteiger partial charge < -0.3 is 9.64 Å². The van der Waals surface area contributed by atoms with Crippen molar-refractivity contribution in [1.29, 1.82) is 0 Å². The monoisotopic (exact) mass is 379 g/mol. The minimum absolute atomic E-state index is 0.188. The average molecular weight is 379 g/mol. The second-order valence-electron chi connectivity index (χ2n) is 6.14. The van der Waals surface area contributed by atoms with E-state index in [0.29, 0.717) is 36.4 Å². The lowest BCUT2D eigenvalue weighted by molar-refractivity contribution is 0.0787. The van der Waals surface area contributed by atoms with Crippen LogP contribution in [0.15, 0.2) is 47.4 Å². The van der Waals surface area contributed by atoms with Crippen molar-refractivity contribution < 1.29 is 22.3 Å². The predicted octanol–water partition coefficient (Wildman–Crippen LogP) is 3.08. The number of halogens is 1. The highest BCUT2D eigenvalue weighted by molar-refractivity contribution is 7.90. The molecule has 0 N–H and O–H groups in total. The molecule has 0 fully saturated rings. The Hall–Kier alpha value is -2.41. The van der Waals surface area contributed by atoms with Crippen LogP contribution >= 0.6 is 0 Å². The van der Waals surface area contributed by atoms with Gasteiger partial charge in [0.25, 0.3) is 5.91 Å². The molecular formula is C19H22FNO4S. The quantitative estimate of drug-likeness (QED) is 0.694. The molecule has 7 heteroatoms. The summed E-state index contributed by atoms with van der Waals surface area (Å²) < 4.78 is 41.9. The summed E-state index contributed by atoms with van der Waals surface area (Å²) in [7, 11) is -1.61. The molecule has 0 spiro atoms. The van der Waals surface area contributed by atoms with Crippen LogP contribution in [-0.2, 0) is 9.84 Å². The Morgan fingerprint density at radius 2 is 1.92 bits per heavy atom. The SMILES string of the molecule is Cc1cc(C(=O)N(C)CCCOc2cccc(S(C)(=O)=O)c2)ccc1F. The molecule has 2 aromatic carbocycles. The molecule has 0 unspecified atom stereocenters. The number of sulfone groups is 1. The van der Waals surface area contributed by atoms with Crippen LogP contribution in [0.25, 0.3) is 0 Å². The Morgan fingerprint density at radius 3 is 2.58 bits per heavy atom. The fourth-order valence-electron chi connectivity index (χ4n) is 2.39. The van der Waals surface area contributed by atoms with E-state index in [-0.39, 0.29) is 16.6 Å². The van der Waals surface area contributed by atoms with Gasteiger partial charge in [0.2, 0.25) is 0 Å². The third-order valence-corrected chi connectivity index (χ3v) is 5.00. The summed E-state index contributed by atoms with van der Waals surface area (Å²) in [6.07, 6.45) is 1.72. The second-order valence-corrected chi connectivity index (χ2v) is 8.16. The van der Waals surface area contributed by atoms with Crippen molar-refractivity contribution in [3.8, 4) is 5.75 Å². The fourth-order valence-corrected chi connectivity index (χ4v) is 3.04. The van der Waals surface area contributed by atoms with Gasteiger partial charge in [-0.25, -0.2) is 12.8 Å². The van der Waals surface area contributed by atoms with Crippen LogP contribution in [0.2, 0.25) is 0 Å². The van der Waals surface area contributed by atoms with Crippen molar-refractivity contribution >= 4 is 15.7 Å². The molecule has 26 heavy (non-hydrogen) atoms. The molecule has 140 valence electrons. The molecule has 2 aromatic rings. The third kappa shape index (κ3) is 5.29. The number of hydrogen-bond acceptors (Lipinski definition) is 4. The van der Waals surface area contributed by atoms with Gasteiger partial charge in [-0.3, -0.25) is 4.79 Å². The lowest BCUT2D eigenvalue weighted by Gasteiger charge is -2.17. The first-order valence-electron chi connectivity index (χ1n) is 8.13.